The van der Waals surface area contributed by atoms with E-state index < -0.39 is 0 Å². The fraction of sp³-hybridized carbons (Fsp3) is 0.793. The Bertz CT molecular complexity index is 668. The molecular formula is C29H54N4O2+2. The number of aryl methyl sites for hydroxylation is 2. The second-order valence-corrected chi connectivity index (χ2v) is 10.0. The Morgan fingerprint density at radius 2 is 0.914 bits per heavy atom. The van der Waals surface area contributed by atoms with Crippen LogP contribution in [-0.2, 0) is 36.0 Å². The van der Waals surface area contributed by atoms with Crippen molar-refractivity contribution in [2.75, 3.05) is 13.2 Å². The first-order valence-corrected chi connectivity index (χ1v) is 14.6. The van der Waals surface area contributed by atoms with Gasteiger partial charge in [-0.05, 0) is 44.9 Å². The van der Waals surface area contributed by atoms with Gasteiger partial charge in [-0.2, -0.15) is 0 Å². The van der Waals surface area contributed by atoms with E-state index in [1.807, 2.05) is 0 Å². The molecule has 0 amide bonds. The highest BCUT2D eigenvalue weighted by Crippen LogP contribution is 2.07. The van der Waals surface area contributed by atoms with Gasteiger partial charge in [-0.3, -0.25) is 0 Å². The van der Waals surface area contributed by atoms with Crippen LogP contribution in [0.2, 0.25) is 0 Å². The number of rotatable bonds is 24. The van der Waals surface area contributed by atoms with Crippen LogP contribution in [0.15, 0.2) is 37.4 Å². The summed E-state index contributed by atoms with van der Waals surface area (Å²) in [5, 5.41) is 0. The Balaban J connectivity index is 1.38. The zero-order valence-electron chi connectivity index (χ0n) is 22.9. The van der Waals surface area contributed by atoms with Gasteiger partial charge in [-0.1, -0.05) is 65.2 Å². The lowest BCUT2D eigenvalue weighted by atomic mass is 10.1. The number of hydrogen-bond donors (Lipinski definition) is 0. The quantitative estimate of drug-likeness (QED) is 0.126. The summed E-state index contributed by atoms with van der Waals surface area (Å²) in [6, 6.07) is 0. The molecule has 2 aromatic rings. The fourth-order valence-corrected chi connectivity index (χ4v) is 4.37. The first-order chi connectivity index (χ1) is 17.3. The number of hydrogen-bond acceptors (Lipinski definition) is 2. The monoisotopic (exact) mass is 490 g/mol. The lowest BCUT2D eigenvalue weighted by molar-refractivity contribution is -0.732. The Labute approximate surface area is 215 Å². The van der Waals surface area contributed by atoms with Crippen molar-refractivity contribution in [3.8, 4) is 0 Å². The summed E-state index contributed by atoms with van der Waals surface area (Å²) in [6.45, 7) is 9.68. The van der Waals surface area contributed by atoms with Crippen molar-refractivity contribution in [2.24, 2.45) is 0 Å². The summed E-state index contributed by atoms with van der Waals surface area (Å²) in [5.41, 5.74) is 0. The summed E-state index contributed by atoms with van der Waals surface area (Å²) in [6.07, 6.45) is 32.3. The molecule has 0 saturated carbocycles. The SMILES string of the molecule is CCCCCCCCn1cc[n+](COCCCCCOC[n+]2ccn(CCCCCCCC)c2)c1. The predicted octanol–water partition coefficient (Wildman–Crippen LogP) is 6.40. The Hall–Kier alpha value is -1.66. The Kier molecular flexibility index (Phi) is 17.3. The summed E-state index contributed by atoms with van der Waals surface area (Å²) >= 11 is 0. The second kappa shape index (κ2) is 20.5. The van der Waals surface area contributed by atoms with Gasteiger partial charge in [0.25, 0.3) is 0 Å². The van der Waals surface area contributed by atoms with Crippen LogP contribution in [-0.4, -0.2) is 22.3 Å². The molecule has 0 saturated heterocycles. The molecule has 0 aromatic carbocycles. The molecule has 0 aliphatic heterocycles. The van der Waals surface area contributed by atoms with Crippen LogP contribution >= 0.6 is 0 Å². The van der Waals surface area contributed by atoms with Gasteiger partial charge in [0.15, 0.2) is 13.5 Å². The van der Waals surface area contributed by atoms with Crippen molar-refractivity contribution in [1.82, 2.24) is 9.13 Å². The molecular weight excluding hydrogens is 436 g/mol. The average Bonchev–Trinajstić information content (AvgIpc) is 3.52. The average molecular weight is 491 g/mol. The van der Waals surface area contributed by atoms with Gasteiger partial charge < -0.3 is 9.47 Å². The van der Waals surface area contributed by atoms with E-state index in [4.69, 9.17) is 9.47 Å². The van der Waals surface area contributed by atoms with Crippen LogP contribution in [0.5, 0.6) is 0 Å². The van der Waals surface area contributed by atoms with Gasteiger partial charge >= 0.3 is 0 Å². The topological polar surface area (TPSA) is 36.1 Å². The Morgan fingerprint density at radius 3 is 1.37 bits per heavy atom. The highest BCUT2D eigenvalue weighted by molar-refractivity contribution is 4.66. The minimum absolute atomic E-state index is 0.645. The molecule has 0 aliphatic carbocycles. The molecule has 0 spiro atoms. The van der Waals surface area contributed by atoms with Crippen molar-refractivity contribution in [1.29, 1.82) is 0 Å². The molecule has 2 aromatic heterocycles. The molecule has 2 rings (SSSR count). The van der Waals surface area contributed by atoms with E-state index in [-0.39, 0.29) is 0 Å². The molecule has 200 valence electrons. The van der Waals surface area contributed by atoms with Gasteiger partial charge in [0.2, 0.25) is 12.7 Å². The third kappa shape index (κ3) is 15.1. The van der Waals surface area contributed by atoms with E-state index in [9.17, 15) is 0 Å². The zero-order chi connectivity index (χ0) is 24.8. The molecule has 0 N–H and O–H groups in total. The van der Waals surface area contributed by atoms with Crippen molar-refractivity contribution >= 4 is 0 Å². The molecule has 0 fully saturated rings. The van der Waals surface area contributed by atoms with Crippen LogP contribution in [0, 0.1) is 0 Å². The number of aromatic nitrogens is 4. The van der Waals surface area contributed by atoms with Crippen molar-refractivity contribution in [3.63, 3.8) is 0 Å². The molecule has 35 heavy (non-hydrogen) atoms. The fourth-order valence-electron chi connectivity index (χ4n) is 4.37. The third-order valence-corrected chi connectivity index (χ3v) is 6.59. The number of nitrogens with zero attached hydrogens (tertiary/aromatic N) is 4. The van der Waals surface area contributed by atoms with Crippen molar-refractivity contribution in [3.05, 3.63) is 37.4 Å². The van der Waals surface area contributed by atoms with E-state index in [1.54, 1.807) is 0 Å². The summed E-state index contributed by atoms with van der Waals surface area (Å²) in [4.78, 5) is 0. The van der Waals surface area contributed by atoms with E-state index >= 15 is 0 Å². The van der Waals surface area contributed by atoms with E-state index in [0.29, 0.717) is 13.5 Å². The predicted molar refractivity (Wildman–Crippen MR) is 142 cm³/mol. The summed E-state index contributed by atoms with van der Waals surface area (Å²) < 4.78 is 20.5. The molecule has 0 aliphatic rings. The maximum atomic E-state index is 5.84. The summed E-state index contributed by atoms with van der Waals surface area (Å²) in [5.74, 6) is 0. The minimum Gasteiger partial charge on any atom is -0.342 e. The third-order valence-electron chi connectivity index (χ3n) is 6.59. The standard InChI is InChI=1S/C29H54N4O2/c1-3-5-7-9-11-14-18-30-20-22-32(26-30)28-34-24-16-13-17-25-35-29-33-23-21-31(27-33)19-15-12-10-8-6-4-2/h20-23,26-27H,3-19,24-25,28-29H2,1-2H3/q+2. The molecule has 0 radical (unpaired) electrons. The lowest BCUT2D eigenvalue weighted by Gasteiger charge is -2.03. The largest absolute Gasteiger partial charge is 0.342 e. The van der Waals surface area contributed by atoms with Gasteiger partial charge in [-0.15, -0.1) is 0 Å². The minimum atomic E-state index is 0.645. The smallest absolute Gasteiger partial charge is 0.245 e. The maximum Gasteiger partial charge on any atom is 0.245 e. The first kappa shape index (κ1) is 29.6. The van der Waals surface area contributed by atoms with Gasteiger partial charge in [0.1, 0.15) is 24.8 Å². The molecule has 0 atom stereocenters. The van der Waals surface area contributed by atoms with Crippen molar-refractivity contribution < 1.29 is 18.6 Å². The Morgan fingerprint density at radius 1 is 0.514 bits per heavy atom. The van der Waals surface area contributed by atoms with Gasteiger partial charge in [0.05, 0.1) is 26.3 Å². The molecule has 0 unspecified atom stereocenters. The van der Waals surface area contributed by atoms with E-state index in [0.717, 1.165) is 45.6 Å². The van der Waals surface area contributed by atoms with Gasteiger partial charge in [0, 0.05) is 0 Å². The number of unbranched alkanes of at least 4 members (excludes halogenated alkanes) is 12. The maximum absolute atomic E-state index is 5.84. The van der Waals surface area contributed by atoms with Crippen LogP contribution < -0.4 is 9.13 Å². The van der Waals surface area contributed by atoms with Crippen LogP contribution in [0.4, 0.5) is 0 Å². The molecule has 6 nitrogen and oxygen atoms in total. The lowest BCUT2D eigenvalue weighted by Crippen LogP contribution is -2.33. The molecule has 6 heteroatoms. The van der Waals surface area contributed by atoms with E-state index in [1.165, 1.54) is 77.0 Å². The van der Waals surface area contributed by atoms with E-state index in [2.05, 4.69) is 69.6 Å². The highest BCUT2D eigenvalue weighted by atomic mass is 16.5. The first-order valence-electron chi connectivity index (χ1n) is 14.6. The zero-order valence-corrected chi connectivity index (χ0v) is 22.9. The van der Waals surface area contributed by atoms with Gasteiger partial charge in [-0.25, -0.2) is 18.3 Å². The van der Waals surface area contributed by atoms with Crippen LogP contribution in [0.1, 0.15) is 110 Å². The van der Waals surface area contributed by atoms with Crippen LogP contribution in [0.3, 0.4) is 0 Å². The number of ether oxygens (including phenoxy) is 2. The summed E-state index contributed by atoms with van der Waals surface area (Å²) in [7, 11) is 0. The van der Waals surface area contributed by atoms with Crippen LogP contribution in [0.25, 0.3) is 0 Å². The molecule has 2 heterocycles. The normalized spacial score (nSPS) is 11.5. The second-order valence-electron chi connectivity index (χ2n) is 10.0. The highest BCUT2D eigenvalue weighted by Gasteiger charge is 2.05. The van der Waals surface area contributed by atoms with Crippen molar-refractivity contribution in [2.45, 2.75) is 137 Å². The number of imidazole rings is 2. The molecule has 0 bridgehead atoms.